The van der Waals surface area contributed by atoms with Gasteiger partial charge >= 0.3 is 6.36 Å². The van der Waals surface area contributed by atoms with Crippen molar-refractivity contribution in [2.24, 2.45) is 0 Å². The zero-order chi connectivity index (χ0) is 16.3. The topological polar surface area (TPSA) is 38.3 Å². The maximum absolute atomic E-state index is 12.2. The third-order valence-electron chi connectivity index (χ3n) is 3.20. The summed E-state index contributed by atoms with van der Waals surface area (Å²) in [5.41, 5.74) is 2.76. The molecule has 0 radical (unpaired) electrons. The highest BCUT2D eigenvalue weighted by Crippen LogP contribution is 2.24. The standard InChI is InChI=1S/C16H14F3NO2/c1-10-4-3-5-14(11(10)2)15(21)20-12-6-8-13(9-7-12)22-16(17,18)19/h3-9H,1-2H3,(H,20,21). The summed E-state index contributed by atoms with van der Waals surface area (Å²) in [4.78, 5) is 12.2. The molecule has 0 bridgehead atoms. The van der Waals surface area contributed by atoms with Gasteiger partial charge in [-0.2, -0.15) is 0 Å². The van der Waals surface area contributed by atoms with Gasteiger partial charge in [0, 0.05) is 11.3 Å². The maximum atomic E-state index is 12.2. The van der Waals surface area contributed by atoms with Crippen LogP contribution in [0.15, 0.2) is 42.5 Å². The van der Waals surface area contributed by atoms with Gasteiger partial charge in [-0.1, -0.05) is 12.1 Å². The molecule has 0 heterocycles. The van der Waals surface area contributed by atoms with Crippen LogP contribution in [-0.4, -0.2) is 12.3 Å². The molecule has 0 saturated carbocycles. The maximum Gasteiger partial charge on any atom is 0.573 e. The molecule has 0 saturated heterocycles. The Kier molecular flexibility index (Phi) is 4.40. The number of rotatable bonds is 3. The minimum atomic E-state index is -4.73. The molecule has 6 heteroatoms. The van der Waals surface area contributed by atoms with Crippen molar-refractivity contribution in [3.8, 4) is 5.75 Å². The van der Waals surface area contributed by atoms with Gasteiger partial charge in [-0.3, -0.25) is 4.79 Å². The van der Waals surface area contributed by atoms with Gasteiger partial charge in [0.05, 0.1) is 0 Å². The number of nitrogens with one attached hydrogen (secondary N) is 1. The number of ether oxygens (including phenoxy) is 1. The van der Waals surface area contributed by atoms with Gasteiger partial charge in [-0.15, -0.1) is 13.2 Å². The minimum absolute atomic E-state index is 0.314. The summed E-state index contributed by atoms with van der Waals surface area (Å²) in [5.74, 6) is -0.650. The third-order valence-corrected chi connectivity index (χ3v) is 3.20. The average Bonchev–Trinajstić information content (AvgIpc) is 2.42. The van der Waals surface area contributed by atoms with E-state index in [-0.39, 0.29) is 11.7 Å². The molecule has 1 N–H and O–H groups in total. The molecule has 0 unspecified atom stereocenters. The van der Waals surface area contributed by atoms with Crippen molar-refractivity contribution in [3.63, 3.8) is 0 Å². The lowest BCUT2D eigenvalue weighted by atomic mass is 10.0. The lowest BCUT2D eigenvalue weighted by Gasteiger charge is -2.11. The molecule has 22 heavy (non-hydrogen) atoms. The van der Waals surface area contributed by atoms with Crippen LogP contribution in [0.4, 0.5) is 18.9 Å². The molecule has 0 aliphatic heterocycles. The van der Waals surface area contributed by atoms with Gasteiger partial charge in [0.2, 0.25) is 0 Å². The quantitative estimate of drug-likeness (QED) is 0.909. The SMILES string of the molecule is Cc1cccc(C(=O)Nc2ccc(OC(F)(F)F)cc2)c1C. The first-order valence-corrected chi connectivity index (χ1v) is 6.49. The van der Waals surface area contributed by atoms with E-state index < -0.39 is 6.36 Å². The Hall–Kier alpha value is -2.50. The van der Waals surface area contributed by atoms with Crippen LogP contribution in [0.5, 0.6) is 5.75 Å². The Morgan fingerprint density at radius 2 is 1.68 bits per heavy atom. The minimum Gasteiger partial charge on any atom is -0.406 e. The van der Waals surface area contributed by atoms with Gasteiger partial charge < -0.3 is 10.1 Å². The predicted octanol–water partition coefficient (Wildman–Crippen LogP) is 4.45. The molecule has 2 rings (SSSR count). The normalized spacial score (nSPS) is 11.1. The van der Waals surface area contributed by atoms with Crippen LogP contribution in [-0.2, 0) is 0 Å². The Morgan fingerprint density at radius 1 is 1.05 bits per heavy atom. The van der Waals surface area contributed by atoms with E-state index in [4.69, 9.17) is 0 Å². The van der Waals surface area contributed by atoms with E-state index in [1.54, 1.807) is 12.1 Å². The number of aryl methyl sites for hydroxylation is 1. The first-order valence-electron chi connectivity index (χ1n) is 6.49. The molecule has 0 fully saturated rings. The lowest BCUT2D eigenvalue weighted by molar-refractivity contribution is -0.274. The van der Waals surface area contributed by atoms with E-state index in [9.17, 15) is 18.0 Å². The molecule has 1 amide bonds. The largest absolute Gasteiger partial charge is 0.573 e. The van der Waals surface area contributed by atoms with Crippen LogP contribution in [0.2, 0.25) is 0 Å². The summed E-state index contributed by atoms with van der Waals surface area (Å²) >= 11 is 0. The smallest absolute Gasteiger partial charge is 0.406 e. The number of hydrogen-bond acceptors (Lipinski definition) is 2. The summed E-state index contributed by atoms with van der Waals surface area (Å²) in [6, 6.07) is 10.4. The van der Waals surface area contributed by atoms with Crippen molar-refractivity contribution in [1.82, 2.24) is 0 Å². The summed E-state index contributed by atoms with van der Waals surface area (Å²) in [6.07, 6.45) is -4.73. The molecular weight excluding hydrogens is 295 g/mol. The molecule has 116 valence electrons. The van der Waals surface area contributed by atoms with E-state index >= 15 is 0 Å². The summed E-state index contributed by atoms with van der Waals surface area (Å²) in [5, 5.41) is 2.64. The number of benzene rings is 2. The Bertz CT molecular complexity index is 679. The van der Waals surface area contributed by atoms with Crippen LogP contribution in [0.3, 0.4) is 0 Å². The van der Waals surface area contributed by atoms with Crippen LogP contribution < -0.4 is 10.1 Å². The van der Waals surface area contributed by atoms with Crippen LogP contribution in [0, 0.1) is 13.8 Å². The average molecular weight is 309 g/mol. The number of alkyl halides is 3. The first kappa shape index (κ1) is 15.9. The number of hydrogen-bond donors (Lipinski definition) is 1. The van der Waals surface area contributed by atoms with E-state index in [2.05, 4.69) is 10.1 Å². The second kappa shape index (κ2) is 6.09. The summed E-state index contributed by atoms with van der Waals surface area (Å²) < 4.78 is 40.0. The van der Waals surface area contributed by atoms with E-state index in [0.717, 1.165) is 23.3 Å². The van der Waals surface area contributed by atoms with Gasteiger partial charge in [0.25, 0.3) is 5.91 Å². The van der Waals surface area contributed by atoms with Crippen molar-refractivity contribution in [2.75, 3.05) is 5.32 Å². The number of carbonyl (C=O) groups is 1. The zero-order valence-electron chi connectivity index (χ0n) is 12.0. The molecule has 2 aromatic carbocycles. The van der Waals surface area contributed by atoms with E-state index in [1.807, 2.05) is 19.9 Å². The molecule has 0 aromatic heterocycles. The monoisotopic (exact) mass is 309 g/mol. The van der Waals surface area contributed by atoms with Crippen LogP contribution in [0.1, 0.15) is 21.5 Å². The second-order valence-electron chi connectivity index (χ2n) is 4.77. The molecule has 2 aromatic rings. The van der Waals surface area contributed by atoms with Crippen LogP contribution in [0.25, 0.3) is 0 Å². The Balaban J connectivity index is 2.11. The van der Waals surface area contributed by atoms with Crippen molar-refractivity contribution >= 4 is 11.6 Å². The van der Waals surface area contributed by atoms with Gasteiger partial charge in [0.1, 0.15) is 5.75 Å². The molecular formula is C16H14F3NO2. The highest BCUT2D eigenvalue weighted by molar-refractivity contribution is 6.05. The molecule has 0 spiro atoms. The van der Waals surface area contributed by atoms with E-state index in [1.165, 1.54) is 12.1 Å². The van der Waals surface area contributed by atoms with Gasteiger partial charge in [-0.25, -0.2) is 0 Å². The lowest BCUT2D eigenvalue weighted by Crippen LogP contribution is -2.17. The summed E-state index contributed by atoms with van der Waals surface area (Å²) in [6.45, 7) is 3.74. The predicted molar refractivity (Wildman–Crippen MR) is 77.0 cm³/mol. The van der Waals surface area contributed by atoms with Crippen molar-refractivity contribution < 1.29 is 22.7 Å². The fourth-order valence-electron chi connectivity index (χ4n) is 1.94. The highest BCUT2D eigenvalue weighted by atomic mass is 19.4. The van der Waals surface area contributed by atoms with Gasteiger partial charge in [0.15, 0.2) is 0 Å². The highest BCUT2D eigenvalue weighted by Gasteiger charge is 2.30. The molecule has 0 aliphatic carbocycles. The fraction of sp³-hybridized carbons (Fsp3) is 0.188. The number of amides is 1. The Morgan fingerprint density at radius 3 is 2.27 bits per heavy atom. The number of carbonyl (C=O) groups excluding carboxylic acids is 1. The van der Waals surface area contributed by atoms with Crippen LogP contribution >= 0.6 is 0 Å². The number of halogens is 3. The fourth-order valence-corrected chi connectivity index (χ4v) is 1.94. The van der Waals surface area contributed by atoms with Crippen molar-refractivity contribution in [3.05, 3.63) is 59.2 Å². The third kappa shape index (κ3) is 4.00. The Labute approximate surface area is 125 Å². The second-order valence-corrected chi connectivity index (χ2v) is 4.77. The molecule has 0 aliphatic rings. The van der Waals surface area contributed by atoms with Gasteiger partial charge in [-0.05, 0) is 55.3 Å². The molecule has 0 atom stereocenters. The van der Waals surface area contributed by atoms with Crippen molar-refractivity contribution in [1.29, 1.82) is 0 Å². The van der Waals surface area contributed by atoms with Crippen molar-refractivity contribution in [2.45, 2.75) is 20.2 Å². The van der Waals surface area contributed by atoms with E-state index in [0.29, 0.717) is 11.3 Å². The zero-order valence-corrected chi connectivity index (χ0v) is 12.0. The summed E-state index contributed by atoms with van der Waals surface area (Å²) in [7, 11) is 0. The number of anilines is 1. The first-order chi connectivity index (χ1) is 10.3. The molecule has 3 nitrogen and oxygen atoms in total.